The third-order valence-electron chi connectivity index (χ3n) is 6.46. The maximum absolute atomic E-state index is 12.4. The molecular formula is C21H18O3. The van der Waals surface area contributed by atoms with Gasteiger partial charge in [-0.1, -0.05) is 60.7 Å². The summed E-state index contributed by atoms with van der Waals surface area (Å²) in [6.45, 7) is 0. The predicted octanol–water partition coefficient (Wildman–Crippen LogP) is 3.33. The van der Waals surface area contributed by atoms with E-state index in [0.29, 0.717) is 0 Å². The van der Waals surface area contributed by atoms with Crippen molar-refractivity contribution in [1.82, 2.24) is 0 Å². The van der Waals surface area contributed by atoms with Gasteiger partial charge in [-0.3, -0.25) is 9.59 Å². The molecule has 2 aromatic carbocycles. The van der Waals surface area contributed by atoms with E-state index in [1.165, 1.54) is 11.1 Å². The highest BCUT2D eigenvalue weighted by Gasteiger charge is 2.71. The highest BCUT2D eigenvalue weighted by atomic mass is 16.6. The molecule has 0 aromatic heterocycles. The zero-order valence-corrected chi connectivity index (χ0v) is 13.2. The molecule has 2 bridgehead atoms. The van der Waals surface area contributed by atoms with Crippen molar-refractivity contribution in [3.05, 3.63) is 71.8 Å². The van der Waals surface area contributed by atoms with Crippen LogP contribution in [0.1, 0.15) is 24.0 Å². The van der Waals surface area contributed by atoms with Crippen LogP contribution in [0.4, 0.5) is 0 Å². The van der Waals surface area contributed by atoms with Crippen LogP contribution < -0.4 is 0 Å². The van der Waals surface area contributed by atoms with Crippen LogP contribution in [0.3, 0.4) is 0 Å². The molecule has 24 heavy (non-hydrogen) atoms. The number of rotatable bonds is 2. The molecular weight excluding hydrogens is 300 g/mol. The quantitative estimate of drug-likeness (QED) is 0.630. The maximum Gasteiger partial charge on any atom is 0.317 e. The number of carbonyl (C=O) groups excluding carboxylic acids is 2. The van der Waals surface area contributed by atoms with Crippen LogP contribution in [0.25, 0.3) is 0 Å². The first-order valence-corrected chi connectivity index (χ1v) is 8.61. The van der Waals surface area contributed by atoms with Crippen molar-refractivity contribution in [2.75, 3.05) is 0 Å². The number of cyclic esters (lactones) is 2. The Morgan fingerprint density at radius 2 is 1.12 bits per heavy atom. The highest BCUT2D eigenvalue weighted by molar-refractivity contribution is 5.98. The molecule has 1 saturated heterocycles. The third-order valence-corrected chi connectivity index (χ3v) is 6.46. The van der Waals surface area contributed by atoms with Gasteiger partial charge in [-0.25, -0.2) is 0 Å². The van der Waals surface area contributed by atoms with Crippen LogP contribution in [0.15, 0.2) is 60.7 Å². The second kappa shape index (κ2) is 4.79. The molecule has 4 atom stereocenters. The molecule has 120 valence electrons. The number of esters is 2. The Morgan fingerprint density at radius 1 is 0.708 bits per heavy atom. The monoisotopic (exact) mass is 318 g/mol. The van der Waals surface area contributed by atoms with Crippen LogP contribution in [-0.4, -0.2) is 11.9 Å². The Bertz CT molecular complexity index is 742. The Morgan fingerprint density at radius 3 is 1.54 bits per heavy atom. The van der Waals surface area contributed by atoms with Crippen LogP contribution in [0.5, 0.6) is 0 Å². The molecule has 1 heterocycles. The van der Waals surface area contributed by atoms with E-state index >= 15 is 0 Å². The van der Waals surface area contributed by atoms with Crippen molar-refractivity contribution in [3.8, 4) is 0 Å². The molecule has 2 aromatic rings. The lowest BCUT2D eigenvalue weighted by Gasteiger charge is -2.37. The van der Waals surface area contributed by atoms with Crippen molar-refractivity contribution in [3.63, 3.8) is 0 Å². The first-order chi connectivity index (χ1) is 11.7. The van der Waals surface area contributed by atoms with Gasteiger partial charge in [0.1, 0.15) is 0 Å². The summed E-state index contributed by atoms with van der Waals surface area (Å²) in [4.78, 5) is 24.7. The fourth-order valence-corrected chi connectivity index (χ4v) is 5.82. The number of fused-ring (bicyclic) bond motifs is 5. The van der Waals surface area contributed by atoms with Gasteiger partial charge in [0.2, 0.25) is 0 Å². The number of carbonyl (C=O) groups is 2. The molecule has 2 aliphatic carbocycles. The number of benzene rings is 2. The molecule has 2 saturated carbocycles. The van der Waals surface area contributed by atoms with E-state index in [9.17, 15) is 9.59 Å². The van der Waals surface area contributed by atoms with Gasteiger partial charge in [-0.15, -0.1) is 0 Å². The smallest absolute Gasteiger partial charge is 0.317 e. The zero-order chi connectivity index (χ0) is 16.3. The summed E-state index contributed by atoms with van der Waals surface area (Å²) in [6, 6.07) is 20.8. The summed E-state index contributed by atoms with van der Waals surface area (Å²) in [5.74, 6) is -0.914. The summed E-state index contributed by atoms with van der Waals surface area (Å²) in [6.07, 6.45) is 1.94. The fourth-order valence-electron chi connectivity index (χ4n) is 5.82. The molecule has 5 rings (SSSR count). The van der Waals surface area contributed by atoms with Gasteiger partial charge in [0, 0.05) is 5.41 Å². The van der Waals surface area contributed by atoms with Crippen molar-refractivity contribution in [1.29, 1.82) is 0 Å². The van der Waals surface area contributed by atoms with E-state index in [1.54, 1.807) is 0 Å². The molecule has 0 radical (unpaired) electrons. The summed E-state index contributed by atoms with van der Waals surface area (Å²) >= 11 is 0. The Balaban J connectivity index is 1.78. The molecule has 3 nitrogen and oxygen atoms in total. The second-order valence-corrected chi connectivity index (χ2v) is 7.18. The Labute approximate surface area is 140 Å². The number of hydrogen-bond acceptors (Lipinski definition) is 3. The van der Waals surface area contributed by atoms with E-state index in [1.807, 2.05) is 36.4 Å². The first-order valence-electron chi connectivity index (χ1n) is 8.61. The van der Waals surface area contributed by atoms with E-state index in [0.717, 1.165) is 12.8 Å². The molecule has 0 N–H and O–H groups in total. The minimum absolute atomic E-state index is 0.135. The van der Waals surface area contributed by atoms with Crippen molar-refractivity contribution >= 4 is 11.9 Å². The van der Waals surface area contributed by atoms with Gasteiger partial charge in [0.25, 0.3) is 0 Å². The molecule has 4 unspecified atom stereocenters. The fraction of sp³-hybridized carbons (Fsp3) is 0.333. The van der Waals surface area contributed by atoms with E-state index in [2.05, 4.69) is 24.3 Å². The summed E-state index contributed by atoms with van der Waals surface area (Å²) < 4.78 is 5.00. The van der Waals surface area contributed by atoms with Crippen LogP contribution in [0, 0.1) is 23.7 Å². The van der Waals surface area contributed by atoms with Crippen LogP contribution in [0.2, 0.25) is 0 Å². The predicted molar refractivity (Wildman–Crippen MR) is 88.0 cm³/mol. The largest absolute Gasteiger partial charge is 0.393 e. The van der Waals surface area contributed by atoms with Gasteiger partial charge in [-0.05, 0) is 35.8 Å². The zero-order valence-electron chi connectivity index (χ0n) is 13.2. The topological polar surface area (TPSA) is 43.4 Å². The highest BCUT2D eigenvalue weighted by Crippen LogP contribution is 2.68. The van der Waals surface area contributed by atoms with E-state index < -0.39 is 0 Å². The van der Waals surface area contributed by atoms with Gasteiger partial charge in [0.05, 0.1) is 11.8 Å². The lowest BCUT2D eigenvalue weighted by molar-refractivity contribution is -0.155. The summed E-state index contributed by atoms with van der Waals surface area (Å²) in [5.41, 5.74) is 2.19. The Kier molecular flexibility index (Phi) is 2.79. The lowest BCUT2D eigenvalue weighted by atomic mass is 9.66. The van der Waals surface area contributed by atoms with E-state index in [-0.39, 0.29) is 41.0 Å². The minimum Gasteiger partial charge on any atom is -0.393 e. The number of ether oxygens (including phenoxy) is 1. The number of hydrogen-bond donors (Lipinski definition) is 0. The normalized spacial score (nSPS) is 32.7. The average Bonchev–Trinajstić information content (AvgIpc) is 3.24. The van der Waals surface area contributed by atoms with E-state index in [4.69, 9.17) is 4.74 Å². The van der Waals surface area contributed by atoms with Crippen molar-refractivity contribution in [2.45, 2.75) is 18.3 Å². The average molecular weight is 318 g/mol. The van der Waals surface area contributed by atoms with Gasteiger partial charge in [0.15, 0.2) is 0 Å². The third kappa shape index (κ3) is 1.52. The minimum atomic E-state index is -0.312. The molecule has 0 amide bonds. The maximum atomic E-state index is 12.4. The molecule has 3 heteroatoms. The van der Waals surface area contributed by atoms with Gasteiger partial charge >= 0.3 is 11.9 Å². The molecule has 0 spiro atoms. The van der Waals surface area contributed by atoms with Crippen LogP contribution >= 0.6 is 0 Å². The standard InChI is InChI=1S/C21H18O3/c22-19-17-15-11-12-16(18(17)20(23)24-19)21(15,13-7-3-1-4-8-13)14-9-5-2-6-10-14/h1-10,15-18H,11-12H2. The summed E-state index contributed by atoms with van der Waals surface area (Å²) in [5, 5.41) is 0. The summed E-state index contributed by atoms with van der Waals surface area (Å²) in [7, 11) is 0. The molecule has 3 aliphatic rings. The first kappa shape index (κ1) is 14.0. The molecule has 1 aliphatic heterocycles. The SMILES string of the molecule is O=C1OC(=O)C2C1C1CCC2C1(c1ccccc1)c1ccccc1. The molecule has 3 fully saturated rings. The van der Waals surface area contributed by atoms with Crippen LogP contribution in [-0.2, 0) is 19.7 Å². The second-order valence-electron chi connectivity index (χ2n) is 7.18. The van der Waals surface area contributed by atoms with Gasteiger partial charge < -0.3 is 4.74 Å². The lowest BCUT2D eigenvalue weighted by Crippen LogP contribution is -2.36. The van der Waals surface area contributed by atoms with Gasteiger partial charge in [-0.2, -0.15) is 0 Å². The van der Waals surface area contributed by atoms with Crippen molar-refractivity contribution in [2.24, 2.45) is 23.7 Å². The Hall–Kier alpha value is -2.42. The van der Waals surface area contributed by atoms with Crippen molar-refractivity contribution < 1.29 is 14.3 Å².